The summed E-state index contributed by atoms with van der Waals surface area (Å²) in [5, 5.41) is 5.22. The van der Waals surface area contributed by atoms with Crippen LogP contribution in [0.15, 0.2) is 47.0 Å². The molecule has 194 valence electrons. The second kappa shape index (κ2) is 12.2. The SMILES string of the molecule is CC1CCN(CCc2ccc(OCCCCN3CCC(c4noc5cc(F)ccc45)CC3)cc2)CC1. The number of unbranched alkanes of at least 4 members (excludes halogenated alkanes) is 1. The number of hydrogen-bond donors (Lipinski definition) is 0. The van der Waals surface area contributed by atoms with Crippen LogP contribution in [0.25, 0.3) is 11.0 Å². The molecule has 5 rings (SSSR count). The minimum Gasteiger partial charge on any atom is -0.494 e. The molecule has 5 nitrogen and oxygen atoms in total. The highest BCUT2D eigenvalue weighted by Crippen LogP contribution is 2.32. The summed E-state index contributed by atoms with van der Waals surface area (Å²) in [7, 11) is 0. The predicted molar refractivity (Wildman–Crippen MR) is 142 cm³/mol. The number of rotatable bonds is 10. The summed E-state index contributed by atoms with van der Waals surface area (Å²) in [5.74, 6) is 1.98. The number of likely N-dealkylation sites (tertiary alicyclic amines) is 2. The fourth-order valence-corrected chi connectivity index (χ4v) is 5.61. The first kappa shape index (κ1) is 25.2. The summed E-state index contributed by atoms with van der Waals surface area (Å²) in [6, 6.07) is 13.4. The topological polar surface area (TPSA) is 41.7 Å². The number of nitrogens with zero attached hydrogens (tertiary/aromatic N) is 3. The van der Waals surface area contributed by atoms with Crippen LogP contribution >= 0.6 is 0 Å². The van der Waals surface area contributed by atoms with E-state index in [0.717, 1.165) is 81.1 Å². The van der Waals surface area contributed by atoms with Crippen LogP contribution in [-0.4, -0.2) is 60.8 Å². The number of ether oxygens (including phenoxy) is 1. The van der Waals surface area contributed by atoms with Gasteiger partial charge in [0.25, 0.3) is 0 Å². The van der Waals surface area contributed by atoms with Gasteiger partial charge < -0.3 is 19.1 Å². The van der Waals surface area contributed by atoms with Crippen molar-refractivity contribution in [2.75, 3.05) is 45.9 Å². The largest absolute Gasteiger partial charge is 0.494 e. The summed E-state index contributed by atoms with van der Waals surface area (Å²) in [6.45, 7) is 10.0. The molecule has 3 aromatic rings. The highest BCUT2D eigenvalue weighted by molar-refractivity contribution is 5.79. The van der Waals surface area contributed by atoms with Crippen molar-refractivity contribution in [1.29, 1.82) is 0 Å². The van der Waals surface area contributed by atoms with Gasteiger partial charge in [0.1, 0.15) is 11.6 Å². The molecule has 0 radical (unpaired) electrons. The number of piperidine rings is 2. The molecule has 0 unspecified atom stereocenters. The van der Waals surface area contributed by atoms with Gasteiger partial charge in [-0.25, -0.2) is 4.39 Å². The third-order valence-electron chi connectivity index (χ3n) is 8.09. The zero-order chi connectivity index (χ0) is 24.7. The van der Waals surface area contributed by atoms with E-state index in [2.05, 4.69) is 46.1 Å². The molecule has 2 aromatic carbocycles. The van der Waals surface area contributed by atoms with Crippen LogP contribution < -0.4 is 4.74 Å². The number of fused-ring (bicyclic) bond motifs is 1. The van der Waals surface area contributed by atoms with E-state index in [4.69, 9.17) is 9.26 Å². The lowest BCUT2D eigenvalue weighted by Gasteiger charge is -2.31. The fraction of sp³-hybridized carbons (Fsp3) is 0.567. The second-order valence-corrected chi connectivity index (χ2v) is 10.8. The molecule has 0 bridgehead atoms. The molecule has 6 heteroatoms. The van der Waals surface area contributed by atoms with E-state index >= 15 is 0 Å². The van der Waals surface area contributed by atoms with E-state index in [0.29, 0.717) is 11.5 Å². The van der Waals surface area contributed by atoms with Crippen LogP contribution in [0.3, 0.4) is 0 Å². The Morgan fingerprint density at radius 3 is 2.42 bits per heavy atom. The van der Waals surface area contributed by atoms with E-state index in [9.17, 15) is 4.39 Å². The second-order valence-electron chi connectivity index (χ2n) is 10.8. The third kappa shape index (κ3) is 6.65. The van der Waals surface area contributed by atoms with Crippen molar-refractivity contribution in [2.24, 2.45) is 5.92 Å². The molecular formula is C30H40FN3O2. The monoisotopic (exact) mass is 493 g/mol. The Bertz CT molecular complexity index is 1080. The molecule has 0 N–H and O–H groups in total. The van der Waals surface area contributed by atoms with Crippen molar-refractivity contribution in [3.8, 4) is 5.75 Å². The minimum atomic E-state index is -0.279. The van der Waals surface area contributed by atoms with Gasteiger partial charge in [0.2, 0.25) is 0 Å². The average molecular weight is 494 g/mol. The quantitative estimate of drug-likeness (QED) is 0.311. The fourth-order valence-electron chi connectivity index (χ4n) is 5.61. The molecular weight excluding hydrogens is 453 g/mol. The summed E-state index contributed by atoms with van der Waals surface area (Å²) < 4.78 is 24.8. The maximum atomic E-state index is 13.4. The number of halogens is 1. The summed E-state index contributed by atoms with van der Waals surface area (Å²) in [6.07, 6.45) is 8.15. The van der Waals surface area contributed by atoms with Crippen molar-refractivity contribution in [3.05, 3.63) is 59.5 Å². The Morgan fingerprint density at radius 1 is 0.917 bits per heavy atom. The Balaban J connectivity index is 0.956. The van der Waals surface area contributed by atoms with E-state index in [1.807, 2.05) is 0 Å². The van der Waals surface area contributed by atoms with Crippen LogP contribution in [-0.2, 0) is 6.42 Å². The molecule has 36 heavy (non-hydrogen) atoms. The van der Waals surface area contributed by atoms with Gasteiger partial charge in [-0.15, -0.1) is 0 Å². The van der Waals surface area contributed by atoms with Gasteiger partial charge in [-0.1, -0.05) is 24.2 Å². The maximum Gasteiger partial charge on any atom is 0.170 e. The van der Waals surface area contributed by atoms with Crippen LogP contribution in [0.1, 0.15) is 62.6 Å². The molecule has 0 aliphatic carbocycles. The molecule has 2 saturated heterocycles. The van der Waals surface area contributed by atoms with Crippen molar-refractivity contribution >= 4 is 11.0 Å². The Hall–Kier alpha value is -2.44. The van der Waals surface area contributed by atoms with Crippen molar-refractivity contribution in [1.82, 2.24) is 15.0 Å². The maximum absolute atomic E-state index is 13.4. The van der Waals surface area contributed by atoms with Crippen LogP contribution in [0.2, 0.25) is 0 Å². The number of hydrogen-bond acceptors (Lipinski definition) is 5. The molecule has 0 atom stereocenters. The Labute approximate surface area is 214 Å². The number of benzene rings is 2. The molecule has 2 aliphatic rings. The standard InChI is InChI=1S/C30H40FN3O2/c1-23-10-16-34(17-11-23)18-12-24-4-7-27(8-5-24)35-21-3-2-15-33-19-13-25(14-20-33)30-28-9-6-26(31)22-29(28)36-32-30/h4-9,22-23,25H,2-3,10-21H2,1H3. The highest BCUT2D eigenvalue weighted by atomic mass is 19.1. The van der Waals surface area contributed by atoms with Gasteiger partial charge in [0.05, 0.1) is 12.3 Å². The summed E-state index contributed by atoms with van der Waals surface area (Å²) in [5.41, 5.74) is 2.94. The summed E-state index contributed by atoms with van der Waals surface area (Å²) in [4.78, 5) is 5.14. The van der Waals surface area contributed by atoms with Gasteiger partial charge in [0, 0.05) is 23.9 Å². The first-order chi connectivity index (χ1) is 17.6. The lowest BCUT2D eigenvalue weighted by atomic mass is 9.91. The van der Waals surface area contributed by atoms with E-state index < -0.39 is 0 Å². The normalized spacial score (nSPS) is 18.7. The first-order valence-corrected chi connectivity index (χ1v) is 13.9. The molecule has 2 fully saturated rings. The van der Waals surface area contributed by atoms with Gasteiger partial charge in [-0.05, 0) is 113 Å². The van der Waals surface area contributed by atoms with E-state index in [1.54, 1.807) is 6.07 Å². The minimum absolute atomic E-state index is 0.279. The first-order valence-electron chi connectivity index (χ1n) is 13.9. The lowest BCUT2D eigenvalue weighted by Crippen LogP contribution is -2.34. The number of aromatic nitrogens is 1. The molecule has 0 amide bonds. The molecule has 0 saturated carbocycles. The van der Waals surface area contributed by atoms with Gasteiger partial charge in [0.15, 0.2) is 5.58 Å². The van der Waals surface area contributed by atoms with Crippen LogP contribution in [0.4, 0.5) is 4.39 Å². The molecule has 0 spiro atoms. The van der Waals surface area contributed by atoms with Crippen molar-refractivity contribution in [3.63, 3.8) is 0 Å². The van der Waals surface area contributed by atoms with Crippen molar-refractivity contribution < 1.29 is 13.7 Å². The molecule has 3 heterocycles. The van der Waals surface area contributed by atoms with E-state index in [-0.39, 0.29) is 5.82 Å². The smallest absolute Gasteiger partial charge is 0.170 e. The average Bonchev–Trinajstić information content (AvgIpc) is 3.32. The highest BCUT2D eigenvalue weighted by Gasteiger charge is 2.25. The van der Waals surface area contributed by atoms with Crippen LogP contribution in [0.5, 0.6) is 5.75 Å². The van der Waals surface area contributed by atoms with Gasteiger partial charge >= 0.3 is 0 Å². The zero-order valence-corrected chi connectivity index (χ0v) is 21.6. The van der Waals surface area contributed by atoms with Gasteiger partial charge in [-0.2, -0.15) is 0 Å². The predicted octanol–water partition coefficient (Wildman–Crippen LogP) is 6.28. The van der Waals surface area contributed by atoms with Crippen LogP contribution in [0, 0.1) is 11.7 Å². The Kier molecular flexibility index (Phi) is 8.55. The lowest BCUT2D eigenvalue weighted by molar-refractivity contribution is 0.194. The molecule has 1 aromatic heterocycles. The molecule has 2 aliphatic heterocycles. The zero-order valence-electron chi connectivity index (χ0n) is 21.6. The third-order valence-corrected chi connectivity index (χ3v) is 8.09. The van der Waals surface area contributed by atoms with Gasteiger partial charge in [-0.3, -0.25) is 0 Å². The Morgan fingerprint density at radius 2 is 1.64 bits per heavy atom. The van der Waals surface area contributed by atoms with Crippen molar-refractivity contribution in [2.45, 2.75) is 57.8 Å². The summed E-state index contributed by atoms with van der Waals surface area (Å²) >= 11 is 0. The van der Waals surface area contributed by atoms with E-state index in [1.165, 1.54) is 50.2 Å².